The summed E-state index contributed by atoms with van der Waals surface area (Å²) in [4.78, 5) is 33.3. The molecule has 6 N–H and O–H groups in total. The van der Waals surface area contributed by atoms with Gasteiger partial charge < -0.3 is 20.8 Å². The van der Waals surface area contributed by atoms with Crippen LogP contribution >= 0.6 is 68.0 Å². The van der Waals surface area contributed by atoms with Gasteiger partial charge >= 0.3 is 0 Å². The standard InChI is InChI=1S/C22H28N6O4S6/c29-11-17(13-33)27-37-35-7-5-23-21(31)15-1-3-19(25-9-15)20-4-2-16(10-26-20)22(32)24-6-8-36-38-28-18(12-30)14-34/h1-4,9-10,13-14,17-18,27-30H,5-8,11-12H2,(H,23,31)(H,24,32)/t17-,18-/m1/s1. The molecule has 0 unspecified atom stereocenters. The zero-order chi connectivity index (χ0) is 27.6. The molecule has 2 amide bonds. The predicted octanol–water partition coefficient (Wildman–Crippen LogP) is 2.10. The first-order chi connectivity index (χ1) is 18.5. The van der Waals surface area contributed by atoms with Gasteiger partial charge in [0.2, 0.25) is 0 Å². The summed E-state index contributed by atoms with van der Waals surface area (Å²) in [5, 5.41) is 26.7. The number of nitrogens with zero attached hydrogens (tertiary/aromatic N) is 2. The lowest BCUT2D eigenvalue weighted by Crippen LogP contribution is -2.28. The van der Waals surface area contributed by atoms with Crippen LogP contribution in [0, 0.1) is 0 Å². The molecule has 2 aromatic rings. The molecule has 10 nitrogen and oxygen atoms in total. The van der Waals surface area contributed by atoms with Crippen molar-refractivity contribution in [3.8, 4) is 11.4 Å². The van der Waals surface area contributed by atoms with Gasteiger partial charge in [0.25, 0.3) is 11.8 Å². The summed E-state index contributed by atoms with van der Waals surface area (Å²) in [6.45, 7) is 0.817. The van der Waals surface area contributed by atoms with E-state index < -0.39 is 0 Å². The molecular weight excluding hydrogens is 605 g/mol. The normalized spacial score (nSPS) is 12.4. The number of carbonyl (C=O) groups excluding carboxylic acids is 2. The van der Waals surface area contributed by atoms with Crippen molar-refractivity contribution in [1.29, 1.82) is 0 Å². The Kier molecular flexibility index (Phi) is 17.0. The number of hydrogen-bond acceptors (Lipinski definition) is 14. The zero-order valence-corrected chi connectivity index (χ0v) is 25.0. The Morgan fingerprint density at radius 1 is 0.789 bits per heavy atom. The van der Waals surface area contributed by atoms with Crippen LogP contribution in [0.15, 0.2) is 36.7 Å². The van der Waals surface area contributed by atoms with Crippen molar-refractivity contribution in [3.63, 3.8) is 0 Å². The minimum absolute atomic E-state index is 0.0625. The lowest BCUT2D eigenvalue weighted by Gasteiger charge is -2.09. The largest absolute Gasteiger partial charge is 0.394 e. The quantitative estimate of drug-likeness (QED) is 0.0581. The van der Waals surface area contributed by atoms with Crippen LogP contribution in [-0.2, 0) is 0 Å². The van der Waals surface area contributed by atoms with Gasteiger partial charge in [-0.15, -0.1) is 0 Å². The molecule has 0 spiro atoms. The lowest BCUT2D eigenvalue weighted by molar-refractivity contribution is 0.0947. The second kappa shape index (κ2) is 19.7. The van der Waals surface area contributed by atoms with Crippen LogP contribution in [0.4, 0.5) is 0 Å². The highest BCUT2D eigenvalue weighted by molar-refractivity contribution is 8.76. The number of aliphatic hydroxyl groups is 2. The Hall–Kier alpha value is -1.34. The Morgan fingerprint density at radius 3 is 1.53 bits per heavy atom. The predicted molar refractivity (Wildman–Crippen MR) is 168 cm³/mol. The molecule has 2 aromatic heterocycles. The first kappa shape index (κ1) is 32.9. The Morgan fingerprint density at radius 2 is 1.21 bits per heavy atom. The summed E-state index contributed by atoms with van der Waals surface area (Å²) in [6.07, 6.45) is 2.98. The van der Waals surface area contributed by atoms with E-state index >= 15 is 0 Å². The van der Waals surface area contributed by atoms with E-state index in [1.807, 2.05) is 0 Å². The molecule has 0 aliphatic carbocycles. The highest BCUT2D eigenvalue weighted by Crippen LogP contribution is 2.18. The molecule has 0 bridgehead atoms. The molecule has 2 heterocycles. The fourth-order valence-electron chi connectivity index (χ4n) is 2.47. The first-order valence-corrected chi connectivity index (χ1v) is 16.8. The molecule has 0 aliphatic rings. The Bertz CT molecular complexity index is 937. The maximum Gasteiger partial charge on any atom is 0.252 e. The number of hydrogen-bond donors (Lipinski definition) is 6. The van der Waals surface area contributed by atoms with Crippen molar-refractivity contribution in [2.75, 3.05) is 37.8 Å². The van der Waals surface area contributed by atoms with E-state index in [-0.39, 0.29) is 37.1 Å². The minimum Gasteiger partial charge on any atom is -0.394 e. The highest BCUT2D eigenvalue weighted by Gasteiger charge is 2.10. The van der Waals surface area contributed by atoms with Crippen LogP contribution in [0.2, 0.25) is 0 Å². The molecule has 0 aromatic carbocycles. The summed E-state index contributed by atoms with van der Waals surface area (Å²) in [6, 6.07) is 6.29. The second-order valence-corrected chi connectivity index (χ2v) is 12.3. The van der Waals surface area contributed by atoms with E-state index in [9.17, 15) is 9.59 Å². The van der Waals surface area contributed by atoms with E-state index in [1.54, 1.807) is 24.3 Å². The van der Waals surface area contributed by atoms with Crippen molar-refractivity contribution in [2.24, 2.45) is 0 Å². The fraction of sp³-hybridized carbons (Fsp3) is 0.364. The van der Waals surface area contributed by atoms with Crippen molar-refractivity contribution in [2.45, 2.75) is 12.1 Å². The molecule has 2 rings (SSSR count). The average molecular weight is 633 g/mol. The third-order valence-corrected chi connectivity index (χ3v) is 9.21. The van der Waals surface area contributed by atoms with Gasteiger partial charge in [-0.1, -0.05) is 46.0 Å². The van der Waals surface area contributed by atoms with Gasteiger partial charge in [-0.05, 0) is 57.0 Å². The Balaban J connectivity index is 1.71. The number of aliphatic hydroxyl groups excluding tert-OH is 2. The maximum absolute atomic E-state index is 12.3. The lowest BCUT2D eigenvalue weighted by atomic mass is 10.1. The van der Waals surface area contributed by atoms with Gasteiger partial charge in [0, 0.05) is 37.0 Å². The number of pyridine rings is 2. The van der Waals surface area contributed by atoms with Gasteiger partial charge in [0.05, 0.1) is 47.8 Å². The van der Waals surface area contributed by atoms with Crippen LogP contribution in [0.25, 0.3) is 11.4 Å². The Labute approximate surface area is 248 Å². The molecule has 0 fully saturated rings. The van der Waals surface area contributed by atoms with Crippen LogP contribution in [0.1, 0.15) is 20.7 Å². The molecule has 0 saturated heterocycles. The van der Waals surface area contributed by atoms with Crippen LogP contribution < -0.4 is 20.1 Å². The van der Waals surface area contributed by atoms with Gasteiger partial charge in [0.15, 0.2) is 0 Å². The van der Waals surface area contributed by atoms with Gasteiger partial charge in [-0.2, -0.15) is 0 Å². The second-order valence-electron chi connectivity index (χ2n) is 7.27. The number of rotatable bonds is 19. The molecule has 206 valence electrons. The molecule has 0 saturated carbocycles. The van der Waals surface area contributed by atoms with Crippen LogP contribution in [0.5, 0.6) is 0 Å². The minimum atomic E-state index is -0.241. The van der Waals surface area contributed by atoms with E-state index in [0.29, 0.717) is 47.1 Å². The maximum atomic E-state index is 12.3. The highest BCUT2D eigenvalue weighted by atomic mass is 33.1. The van der Waals surface area contributed by atoms with E-state index in [0.717, 1.165) is 0 Å². The average Bonchev–Trinajstić information content (AvgIpc) is 2.96. The number of aromatic nitrogens is 2. The smallest absolute Gasteiger partial charge is 0.252 e. The number of amides is 2. The van der Waals surface area contributed by atoms with E-state index in [1.165, 1.54) is 66.7 Å². The van der Waals surface area contributed by atoms with Crippen molar-refractivity contribution in [3.05, 3.63) is 47.8 Å². The van der Waals surface area contributed by atoms with Crippen molar-refractivity contribution < 1.29 is 19.8 Å². The van der Waals surface area contributed by atoms with Crippen molar-refractivity contribution >= 4 is 90.5 Å². The van der Waals surface area contributed by atoms with Crippen LogP contribution in [0.3, 0.4) is 0 Å². The van der Waals surface area contributed by atoms with Crippen LogP contribution in [-0.4, -0.2) is 92.6 Å². The first-order valence-electron chi connectivity index (χ1n) is 11.2. The monoisotopic (exact) mass is 632 g/mol. The van der Waals surface area contributed by atoms with E-state index in [2.05, 4.69) is 30.0 Å². The third-order valence-electron chi connectivity index (χ3n) is 4.49. The topological polar surface area (TPSA) is 148 Å². The summed E-state index contributed by atoms with van der Waals surface area (Å²) in [5.41, 5.74) is 2.04. The summed E-state index contributed by atoms with van der Waals surface area (Å²) >= 11 is 9.58. The number of thiocarbonyl (C=S) groups is 2. The van der Waals surface area contributed by atoms with E-state index in [4.69, 9.17) is 34.6 Å². The summed E-state index contributed by atoms with van der Waals surface area (Å²) < 4.78 is 6.00. The third kappa shape index (κ3) is 12.2. The van der Waals surface area contributed by atoms with Gasteiger partial charge in [-0.3, -0.25) is 19.6 Å². The molecule has 16 heteroatoms. The fourth-order valence-corrected chi connectivity index (χ4v) is 6.30. The summed E-state index contributed by atoms with van der Waals surface area (Å²) in [5.74, 6) is 0.883. The molecular formula is C22H28N6O4S6. The number of nitrogens with one attached hydrogen (secondary N) is 4. The molecule has 0 radical (unpaired) electrons. The molecule has 2 atom stereocenters. The SMILES string of the molecule is O=C(NCCSSN[C@@H](C=S)CO)c1ccc(-c2ccc(C(=O)NCCSSN[C@@H](C=S)CO)cn2)nc1. The zero-order valence-electron chi connectivity index (χ0n) is 20.1. The van der Waals surface area contributed by atoms with Gasteiger partial charge in [-0.25, -0.2) is 9.44 Å². The molecule has 0 aliphatic heterocycles. The number of carbonyl (C=O) groups is 2. The van der Waals surface area contributed by atoms with Gasteiger partial charge in [0.1, 0.15) is 0 Å². The summed E-state index contributed by atoms with van der Waals surface area (Å²) in [7, 11) is 5.75. The molecule has 38 heavy (non-hydrogen) atoms. The van der Waals surface area contributed by atoms with Crippen molar-refractivity contribution in [1.82, 2.24) is 30.0 Å².